The number of hydrogen-bond donors (Lipinski definition) is 1. The second-order valence-electron chi connectivity index (χ2n) is 8.65. The molecule has 0 radical (unpaired) electrons. The van der Waals surface area contributed by atoms with Crippen LogP contribution >= 0.6 is 11.8 Å². The number of amides is 1. The van der Waals surface area contributed by atoms with E-state index in [1.54, 1.807) is 4.90 Å². The molecular formula is C29H22N4OS. The summed E-state index contributed by atoms with van der Waals surface area (Å²) in [5.74, 6) is -0.234. The Morgan fingerprint density at radius 3 is 2.63 bits per heavy atom. The second-order valence-corrected chi connectivity index (χ2v) is 9.48. The zero-order valence-corrected chi connectivity index (χ0v) is 19.9. The molecule has 1 amide bonds. The first-order valence-corrected chi connectivity index (χ1v) is 12.3. The SMILES string of the molecule is Cc1cccc(Cn2cc(C=C3C(=N)N4C(c5ccccc5)=CSC4=NC3=O)c3ccccc32)c1. The standard InChI is InChI=1S/C29H22N4OS/c1-19-8-7-9-20(14-19)16-32-17-22(23-12-5-6-13-25(23)32)15-24-27(30)33-26(21-10-3-2-4-11-21)18-35-29(33)31-28(24)34/h2-15,17-18,30H,16H2,1H3. The Kier molecular flexibility index (Phi) is 5.23. The smallest absolute Gasteiger partial charge is 0.283 e. The molecule has 3 heterocycles. The van der Waals surface area contributed by atoms with E-state index in [1.165, 1.54) is 22.9 Å². The van der Waals surface area contributed by atoms with Crippen LogP contribution in [0, 0.1) is 12.3 Å². The van der Waals surface area contributed by atoms with Crippen LogP contribution in [0.3, 0.4) is 0 Å². The summed E-state index contributed by atoms with van der Waals surface area (Å²) < 4.78 is 2.20. The Labute approximate surface area is 207 Å². The van der Waals surface area contributed by atoms with Crippen LogP contribution < -0.4 is 0 Å². The largest absolute Gasteiger partial charge is 0.342 e. The summed E-state index contributed by atoms with van der Waals surface area (Å²) in [5, 5.41) is 12.5. The predicted octanol–water partition coefficient (Wildman–Crippen LogP) is 6.30. The number of amidine groups is 2. The van der Waals surface area contributed by atoms with Gasteiger partial charge in [-0.25, -0.2) is 0 Å². The van der Waals surface area contributed by atoms with Crippen molar-refractivity contribution in [1.82, 2.24) is 9.47 Å². The van der Waals surface area contributed by atoms with Crippen LogP contribution in [-0.4, -0.2) is 26.4 Å². The average Bonchev–Trinajstić information content (AvgIpc) is 3.44. The molecule has 170 valence electrons. The second kappa shape index (κ2) is 8.56. The molecule has 5 nitrogen and oxygen atoms in total. The van der Waals surface area contributed by atoms with E-state index in [-0.39, 0.29) is 17.3 Å². The van der Waals surface area contributed by atoms with Crippen molar-refractivity contribution in [3.8, 4) is 0 Å². The number of carbonyl (C=O) groups is 1. The van der Waals surface area contributed by atoms with Gasteiger partial charge in [-0.05, 0) is 30.2 Å². The molecule has 6 heteroatoms. The van der Waals surface area contributed by atoms with Crippen molar-refractivity contribution in [3.63, 3.8) is 0 Å². The van der Waals surface area contributed by atoms with Crippen LogP contribution in [0.4, 0.5) is 0 Å². The van der Waals surface area contributed by atoms with E-state index in [4.69, 9.17) is 5.41 Å². The maximum Gasteiger partial charge on any atom is 0.283 e. The van der Waals surface area contributed by atoms with Crippen molar-refractivity contribution >= 4 is 51.3 Å². The molecule has 0 unspecified atom stereocenters. The van der Waals surface area contributed by atoms with Gasteiger partial charge in [-0.1, -0.05) is 90.1 Å². The Bertz CT molecular complexity index is 1590. The first-order chi connectivity index (χ1) is 17.1. The van der Waals surface area contributed by atoms with Gasteiger partial charge < -0.3 is 4.57 Å². The highest BCUT2D eigenvalue weighted by molar-refractivity contribution is 8.17. The van der Waals surface area contributed by atoms with E-state index in [0.717, 1.165) is 34.3 Å². The number of benzene rings is 3. The normalized spacial score (nSPS) is 16.6. The number of aryl methyl sites for hydroxylation is 1. The summed E-state index contributed by atoms with van der Waals surface area (Å²) in [6, 6.07) is 26.5. The minimum Gasteiger partial charge on any atom is -0.342 e. The number of aliphatic imine (C=N–C) groups is 1. The van der Waals surface area contributed by atoms with Gasteiger partial charge in [-0.3, -0.25) is 15.1 Å². The van der Waals surface area contributed by atoms with Gasteiger partial charge in [0.2, 0.25) is 0 Å². The number of aromatic nitrogens is 1. The number of rotatable bonds is 4. The van der Waals surface area contributed by atoms with Crippen molar-refractivity contribution in [2.24, 2.45) is 4.99 Å². The van der Waals surface area contributed by atoms with E-state index in [9.17, 15) is 4.79 Å². The molecule has 3 aromatic carbocycles. The molecule has 0 atom stereocenters. The van der Waals surface area contributed by atoms with E-state index in [0.29, 0.717) is 5.17 Å². The number of nitrogens with zero attached hydrogens (tertiary/aromatic N) is 3. The van der Waals surface area contributed by atoms with Gasteiger partial charge in [-0.2, -0.15) is 4.99 Å². The van der Waals surface area contributed by atoms with E-state index < -0.39 is 0 Å². The molecule has 0 fully saturated rings. The summed E-state index contributed by atoms with van der Waals surface area (Å²) in [6.45, 7) is 2.82. The minimum absolute atomic E-state index is 0.149. The first kappa shape index (κ1) is 21.4. The summed E-state index contributed by atoms with van der Waals surface area (Å²) in [7, 11) is 0. The molecule has 0 aliphatic carbocycles. The van der Waals surface area contributed by atoms with Crippen LogP contribution in [0.2, 0.25) is 0 Å². The Balaban J connectivity index is 1.41. The maximum atomic E-state index is 13.0. The highest BCUT2D eigenvalue weighted by Gasteiger charge is 2.36. The van der Waals surface area contributed by atoms with Gasteiger partial charge >= 0.3 is 0 Å². The third-order valence-electron chi connectivity index (χ3n) is 6.24. The predicted molar refractivity (Wildman–Crippen MR) is 144 cm³/mol. The lowest BCUT2D eigenvalue weighted by Crippen LogP contribution is -2.37. The van der Waals surface area contributed by atoms with Gasteiger partial charge in [0.05, 0.1) is 11.3 Å². The van der Waals surface area contributed by atoms with Crippen molar-refractivity contribution in [2.75, 3.05) is 0 Å². The van der Waals surface area contributed by atoms with Gasteiger partial charge in [0, 0.05) is 34.6 Å². The number of thioether (sulfide) groups is 1. The number of carbonyl (C=O) groups excluding carboxylic acids is 1. The zero-order chi connectivity index (χ0) is 23.9. The van der Waals surface area contributed by atoms with Crippen LogP contribution in [0.25, 0.3) is 22.7 Å². The van der Waals surface area contributed by atoms with Crippen molar-refractivity contribution < 1.29 is 4.79 Å². The van der Waals surface area contributed by atoms with Crippen LogP contribution in [-0.2, 0) is 11.3 Å². The molecule has 0 saturated heterocycles. The third kappa shape index (κ3) is 3.82. The molecule has 0 saturated carbocycles. The maximum absolute atomic E-state index is 13.0. The van der Waals surface area contributed by atoms with Crippen molar-refractivity contribution in [3.05, 3.63) is 118 Å². The molecule has 1 N–H and O–H groups in total. The topological polar surface area (TPSA) is 61.5 Å². The number of hydrogen-bond acceptors (Lipinski definition) is 3. The summed E-state index contributed by atoms with van der Waals surface area (Å²) in [5.41, 5.74) is 6.56. The van der Waals surface area contributed by atoms with Gasteiger partial charge in [0.15, 0.2) is 5.17 Å². The van der Waals surface area contributed by atoms with Gasteiger partial charge in [0.1, 0.15) is 5.84 Å². The third-order valence-corrected chi connectivity index (χ3v) is 7.06. The van der Waals surface area contributed by atoms with Crippen LogP contribution in [0.5, 0.6) is 0 Å². The minimum atomic E-state index is -0.382. The highest BCUT2D eigenvalue weighted by atomic mass is 32.2. The fourth-order valence-electron chi connectivity index (χ4n) is 4.60. The summed E-state index contributed by atoms with van der Waals surface area (Å²) in [6.07, 6.45) is 3.87. The highest BCUT2D eigenvalue weighted by Crippen LogP contribution is 2.37. The van der Waals surface area contributed by atoms with Crippen LogP contribution in [0.15, 0.2) is 101 Å². The Hall–Kier alpha value is -4.16. The quantitative estimate of drug-likeness (QED) is 0.353. The lowest BCUT2D eigenvalue weighted by Gasteiger charge is -2.26. The first-order valence-electron chi connectivity index (χ1n) is 11.4. The zero-order valence-electron chi connectivity index (χ0n) is 19.1. The monoisotopic (exact) mass is 474 g/mol. The van der Waals surface area contributed by atoms with Gasteiger partial charge in [0.25, 0.3) is 5.91 Å². The van der Waals surface area contributed by atoms with Crippen LogP contribution in [0.1, 0.15) is 22.3 Å². The molecule has 2 aliphatic heterocycles. The number of fused-ring (bicyclic) bond motifs is 2. The lowest BCUT2D eigenvalue weighted by molar-refractivity contribution is -0.114. The molecule has 1 aromatic heterocycles. The van der Waals surface area contributed by atoms with E-state index in [1.807, 2.05) is 53.9 Å². The Morgan fingerprint density at radius 2 is 1.80 bits per heavy atom. The molecule has 4 aromatic rings. The number of para-hydroxylation sites is 1. The average molecular weight is 475 g/mol. The molecule has 0 bridgehead atoms. The summed E-state index contributed by atoms with van der Waals surface area (Å²) >= 11 is 1.37. The fourth-order valence-corrected chi connectivity index (χ4v) is 5.49. The van der Waals surface area contributed by atoms with E-state index >= 15 is 0 Å². The Morgan fingerprint density at radius 1 is 1.00 bits per heavy atom. The molecule has 2 aliphatic rings. The number of nitrogens with one attached hydrogen (secondary N) is 1. The van der Waals surface area contributed by atoms with Crippen molar-refractivity contribution in [2.45, 2.75) is 13.5 Å². The molecule has 6 rings (SSSR count). The van der Waals surface area contributed by atoms with Gasteiger partial charge in [-0.15, -0.1) is 0 Å². The summed E-state index contributed by atoms with van der Waals surface area (Å²) in [4.78, 5) is 19.1. The molecular weight excluding hydrogens is 452 g/mol. The lowest BCUT2D eigenvalue weighted by atomic mass is 10.1. The van der Waals surface area contributed by atoms with Crippen molar-refractivity contribution in [1.29, 1.82) is 5.41 Å². The van der Waals surface area contributed by atoms with E-state index in [2.05, 4.69) is 59.1 Å². The molecule has 0 spiro atoms. The fraction of sp³-hybridized carbons (Fsp3) is 0.0690. The molecule has 35 heavy (non-hydrogen) atoms.